The van der Waals surface area contributed by atoms with E-state index in [1.54, 1.807) is 6.07 Å². The number of hydrogen-bond donors (Lipinski definition) is 1. The number of aromatic nitrogens is 3. The molecule has 1 fully saturated rings. The molecule has 4 rings (SSSR count). The van der Waals surface area contributed by atoms with Gasteiger partial charge in [-0.2, -0.15) is 0 Å². The SMILES string of the molecule is Cc1cc(CN(C)Cc2ccccc2-c2nc(C3CCCO3)cc(=O)[nH]2)ccn1. The number of nitrogens with one attached hydrogen (secondary N) is 1. The van der Waals surface area contributed by atoms with Gasteiger partial charge in [0.1, 0.15) is 5.82 Å². The van der Waals surface area contributed by atoms with E-state index in [1.807, 2.05) is 37.4 Å². The van der Waals surface area contributed by atoms with Gasteiger partial charge < -0.3 is 9.72 Å². The fourth-order valence-corrected chi connectivity index (χ4v) is 3.83. The van der Waals surface area contributed by atoms with Crippen LogP contribution >= 0.6 is 0 Å². The van der Waals surface area contributed by atoms with Crippen molar-refractivity contribution in [1.82, 2.24) is 19.9 Å². The molecule has 1 aliphatic rings. The monoisotopic (exact) mass is 390 g/mol. The molecular formula is C23H26N4O2. The zero-order valence-electron chi connectivity index (χ0n) is 16.9. The van der Waals surface area contributed by atoms with E-state index in [9.17, 15) is 4.79 Å². The van der Waals surface area contributed by atoms with Crippen molar-refractivity contribution in [3.8, 4) is 11.4 Å². The molecule has 0 aliphatic carbocycles. The Hall–Kier alpha value is -2.83. The molecule has 1 unspecified atom stereocenters. The van der Waals surface area contributed by atoms with Crippen LogP contribution < -0.4 is 5.56 Å². The molecule has 0 saturated carbocycles. The van der Waals surface area contributed by atoms with Crippen LogP contribution in [0.3, 0.4) is 0 Å². The predicted octanol–water partition coefficient (Wildman–Crippen LogP) is 3.62. The molecule has 1 aliphatic heterocycles. The molecule has 6 nitrogen and oxygen atoms in total. The molecule has 1 N–H and O–H groups in total. The summed E-state index contributed by atoms with van der Waals surface area (Å²) in [6.45, 7) is 4.29. The van der Waals surface area contributed by atoms with Crippen molar-refractivity contribution in [2.75, 3.05) is 13.7 Å². The molecule has 29 heavy (non-hydrogen) atoms. The molecule has 0 radical (unpaired) electrons. The summed E-state index contributed by atoms with van der Waals surface area (Å²) in [5.41, 5.74) is 4.89. The second-order valence-corrected chi connectivity index (χ2v) is 7.66. The van der Waals surface area contributed by atoms with E-state index in [-0.39, 0.29) is 11.7 Å². The second-order valence-electron chi connectivity index (χ2n) is 7.66. The summed E-state index contributed by atoms with van der Waals surface area (Å²) in [4.78, 5) is 26.4. The number of benzene rings is 1. The summed E-state index contributed by atoms with van der Waals surface area (Å²) in [5, 5.41) is 0. The van der Waals surface area contributed by atoms with Crippen molar-refractivity contribution in [3.05, 3.63) is 81.5 Å². The van der Waals surface area contributed by atoms with Gasteiger partial charge in [-0.15, -0.1) is 0 Å². The first-order valence-corrected chi connectivity index (χ1v) is 10.00. The lowest BCUT2D eigenvalue weighted by Crippen LogP contribution is -2.19. The number of nitrogens with zero attached hydrogens (tertiary/aromatic N) is 3. The van der Waals surface area contributed by atoms with Crippen LogP contribution in [-0.4, -0.2) is 33.5 Å². The van der Waals surface area contributed by atoms with Gasteiger partial charge in [0, 0.05) is 43.2 Å². The quantitative estimate of drug-likeness (QED) is 0.696. The van der Waals surface area contributed by atoms with Gasteiger partial charge in [-0.05, 0) is 50.1 Å². The van der Waals surface area contributed by atoms with Crippen LogP contribution in [0.1, 0.15) is 41.5 Å². The van der Waals surface area contributed by atoms with Gasteiger partial charge in [-0.1, -0.05) is 24.3 Å². The van der Waals surface area contributed by atoms with Crippen LogP contribution in [0.15, 0.2) is 53.5 Å². The summed E-state index contributed by atoms with van der Waals surface area (Å²) < 4.78 is 5.73. The Bertz CT molecular complexity index is 1040. The summed E-state index contributed by atoms with van der Waals surface area (Å²) in [5.74, 6) is 0.603. The molecule has 3 aromatic rings. The largest absolute Gasteiger partial charge is 0.372 e. The summed E-state index contributed by atoms with van der Waals surface area (Å²) in [6, 6.07) is 13.8. The lowest BCUT2D eigenvalue weighted by molar-refractivity contribution is 0.108. The Kier molecular flexibility index (Phi) is 5.83. The van der Waals surface area contributed by atoms with Gasteiger partial charge in [0.25, 0.3) is 5.56 Å². The fraction of sp³-hybridized carbons (Fsp3) is 0.348. The van der Waals surface area contributed by atoms with E-state index >= 15 is 0 Å². The maximum atomic E-state index is 12.3. The minimum absolute atomic E-state index is 0.0826. The molecule has 0 spiro atoms. The summed E-state index contributed by atoms with van der Waals surface area (Å²) in [6.07, 6.45) is 3.68. The highest BCUT2D eigenvalue weighted by atomic mass is 16.5. The number of hydrogen-bond acceptors (Lipinski definition) is 5. The molecule has 150 valence electrons. The highest BCUT2D eigenvalue weighted by Gasteiger charge is 2.21. The van der Waals surface area contributed by atoms with E-state index in [4.69, 9.17) is 9.72 Å². The van der Waals surface area contributed by atoms with Gasteiger partial charge in [-0.25, -0.2) is 4.98 Å². The van der Waals surface area contributed by atoms with Crippen LogP contribution in [0, 0.1) is 6.92 Å². The van der Waals surface area contributed by atoms with Gasteiger partial charge in [0.15, 0.2) is 0 Å². The number of ether oxygens (including phenoxy) is 1. The fourth-order valence-electron chi connectivity index (χ4n) is 3.83. The molecule has 0 amide bonds. The topological polar surface area (TPSA) is 71.1 Å². The van der Waals surface area contributed by atoms with Crippen LogP contribution in [0.2, 0.25) is 0 Å². The Morgan fingerprint density at radius 1 is 1.21 bits per heavy atom. The maximum absolute atomic E-state index is 12.3. The Morgan fingerprint density at radius 2 is 2.07 bits per heavy atom. The van der Waals surface area contributed by atoms with E-state index < -0.39 is 0 Å². The number of rotatable bonds is 6. The van der Waals surface area contributed by atoms with Crippen molar-refractivity contribution in [2.24, 2.45) is 0 Å². The Balaban J connectivity index is 1.59. The average molecular weight is 390 g/mol. The minimum atomic E-state index is -0.143. The van der Waals surface area contributed by atoms with E-state index in [0.29, 0.717) is 5.82 Å². The van der Waals surface area contributed by atoms with Crippen molar-refractivity contribution >= 4 is 0 Å². The third-order valence-electron chi connectivity index (χ3n) is 5.15. The van der Waals surface area contributed by atoms with Crippen molar-refractivity contribution < 1.29 is 4.74 Å². The standard InChI is InChI=1S/C23H26N4O2/c1-16-12-17(9-10-24-16)14-27(2)15-18-6-3-4-7-19(18)23-25-20(13-22(28)26-23)21-8-5-11-29-21/h3-4,6-7,9-10,12-13,21H,5,8,11,14-15H2,1-2H3,(H,25,26,28). The number of aryl methyl sites for hydroxylation is 1. The highest BCUT2D eigenvalue weighted by Crippen LogP contribution is 2.28. The second kappa shape index (κ2) is 8.68. The van der Waals surface area contributed by atoms with Gasteiger partial charge >= 0.3 is 0 Å². The normalized spacial score (nSPS) is 16.4. The van der Waals surface area contributed by atoms with Crippen LogP contribution in [-0.2, 0) is 17.8 Å². The first-order chi connectivity index (χ1) is 14.1. The third kappa shape index (κ3) is 4.78. The summed E-state index contributed by atoms with van der Waals surface area (Å²) >= 11 is 0. The molecule has 0 bridgehead atoms. The van der Waals surface area contributed by atoms with Gasteiger partial charge in [0.05, 0.1) is 11.8 Å². The number of pyridine rings is 1. The lowest BCUT2D eigenvalue weighted by Gasteiger charge is -2.19. The third-order valence-corrected chi connectivity index (χ3v) is 5.15. The van der Waals surface area contributed by atoms with E-state index in [2.05, 4.69) is 34.0 Å². The Labute approximate surface area is 170 Å². The first-order valence-electron chi connectivity index (χ1n) is 10.00. The number of aromatic amines is 1. The smallest absolute Gasteiger partial charge is 0.251 e. The molecule has 6 heteroatoms. The zero-order chi connectivity index (χ0) is 20.2. The zero-order valence-corrected chi connectivity index (χ0v) is 16.9. The van der Waals surface area contributed by atoms with Crippen LogP contribution in [0.5, 0.6) is 0 Å². The maximum Gasteiger partial charge on any atom is 0.251 e. The molecule has 2 aromatic heterocycles. The molecule has 1 aromatic carbocycles. The average Bonchev–Trinajstić information content (AvgIpc) is 3.23. The van der Waals surface area contributed by atoms with Crippen molar-refractivity contribution in [3.63, 3.8) is 0 Å². The Morgan fingerprint density at radius 3 is 2.86 bits per heavy atom. The number of H-pyrrole nitrogens is 1. The van der Waals surface area contributed by atoms with Crippen molar-refractivity contribution in [1.29, 1.82) is 0 Å². The van der Waals surface area contributed by atoms with E-state index in [1.165, 1.54) is 5.56 Å². The predicted molar refractivity (Wildman–Crippen MR) is 112 cm³/mol. The van der Waals surface area contributed by atoms with Crippen molar-refractivity contribution in [2.45, 2.75) is 39.0 Å². The molecule has 1 saturated heterocycles. The minimum Gasteiger partial charge on any atom is -0.372 e. The van der Waals surface area contributed by atoms with E-state index in [0.717, 1.165) is 55.1 Å². The lowest BCUT2D eigenvalue weighted by atomic mass is 10.1. The first kappa shape index (κ1) is 19.5. The molecule has 3 heterocycles. The highest BCUT2D eigenvalue weighted by molar-refractivity contribution is 5.60. The van der Waals surface area contributed by atoms with Crippen LogP contribution in [0.4, 0.5) is 0 Å². The van der Waals surface area contributed by atoms with Gasteiger partial charge in [-0.3, -0.25) is 14.7 Å². The summed E-state index contributed by atoms with van der Waals surface area (Å²) in [7, 11) is 2.09. The molecule has 1 atom stereocenters. The van der Waals surface area contributed by atoms with Gasteiger partial charge in [0.2, 0.25) is 0 Å². The van der Waals surface area contributed by atoms with Crippen LogP contribution in [0.25, 0.3) is 11.4 Å². The molecular weight excluding hydrogens is 364 g/mol.